The van der Waals surface area contributed by atoms with Gasteiger partial charge in [-0.25, -0.2) is 5.43 Å². The van der Waals surface area contributed by atoms with Crippen LogP contribution in [0.1, 0.15) is 11.1 Å². The van der Waals surface area contributed by atoms with Crippen molar-refractivity contribution >= 4 is 29.6 Å². The van der Waals surface area contributed by atoms with Crippen LogP contribution >= 0.6 is 0 Å². The SMILES string of the molecule is O=C(COc1ccc(/C=N\NC(=O)C(=O)NCCc2ccccc2)cc1)Nc1ccccc1. The van der Waals surface area contributed by atoms with Crippen molar-refractivity contribution in [3.63, 3.8) is 0 Å². The molecule has 0 bridgehead atoms. The number of nitrogens with zero attached hydrogens (tertiary/aromatic N) is 1. The van der Waals surface area contributed by atoms with Gasteiger partial charge in [0.2, 0.25) is 0 Å². The van der Waals surface area contributed by atoms with E-state index in [0.29, 0.717) is 30.0 Å². The molecule has 0 atom stereocenters. The average molecular weight is 444 g/mol. The van der Waals surface area contributed by atoms with Gasteiger partial charge in [0.15, 0.2) is 6.61 Å². The molecule has 3 aromatic carbocycles. The molecule has 33 heavy (non-hydrogen) atoms. The lowest BCUT2D eigenvalue weighted by Gasteiger charge is -2.07. The number of carbonyl (C=O) groups is 3. The Bertz CT molecular complexity index is 1080. The zero-order valence-electron chi connectivity index (χ0n) is 17.9. The Morgan fingerprint density at radius 2 is 1.48 bits per heavy atom. The van der Waals surface area contributed by atoms with E-state index in [1.54, 1.807) is 36.4 Å². The molecule has 3 rings (SSSR count). The lowest BCUT2D eigenvalue weighted by molar-refractivity contribution is -0.139. The zero-order chi connectivity index (χ0) is 23.3. The predicted molar refractivity (Wildman–Crippen MR) is 126 cm³/mol. The number of nitrogens with one attached hydrogen (secondary N) is 3. The van der Waals surface area contributed by atoms with E-state index in [4.69, 9.17) is 4.74 Å². The minimum Gasteiger partial charge on any atom is -0.484 e. The van der Waals surface area contributed by atoms with Crippen molar-refractivity contribution in [2.75, 3.05) is 18.5 Å². The second-order valence-electron chi connectivity index (χ2n) is 6.96. The molecule has 0 saturated heterocycles. The number of amides is 3. The van der Waals surface area contributed by atoms with Crippen molar-refractivity contribution in [1.29, 1.82) is 0 Å². The number of carbonyl (C=O) groups excluding carboxylic acids is 3. The van der Waals surface area contributed by atoms with Crippen LogP contribution < -0.4 is 20.8 Å². The Morgan fingerprint density at radius 3 is 2.18 bits per heavy atom. The normalized spacial score (nSPS) is 10.4. The quantitative estimate of drug-likeness (QED) is 0.268. The fourth-order valence-electron chi connectivity index (χ4n) is 2.78. The van der Waals surface area contributed by atoms with E-state index in [1.165, 1.54) is 6.21 Å². The highest BCUT2D eigenvalue weighted by Crippen LogP contribution is 2.11. The van der Waals surface area contributed by atoms with Gasteiger partial charge in [-0.1, -0.05) is 48.5 Å². The molecule has 0 radical (unpaired) electrons. The van der Waals surface area contributed by atoms with Gasteiger partial charge in [0, 0.05) is 12.2 Å². The van der Waals surface area contributed by atoms with Crippen LogP contribution in [0.2, 0.25) is 0 Å². The molecule has 3 amide bonds. The number of rotatable bonds is 9. The third-order valence-corrected chi connectivity index (χ3v) is 4.44. The number of para-hydroxylation sites is 1. The van der Waals surface area contributed by atoms with Crippen LogP contribution in [0.5, 0.6) is 5.75 Å². The summed E-state index contributed by atoms with van der Waals surface area (Å²) >= 11 is 0. The molecule has 0 fully saturated rings. The lowest BCUT2D eigenvalue weighted by Crippen LogP contribution is -2.38. The second-order valence-corrected chi connectivity index (χ2v) is 6.96. The third kappa shape index (κ3) is 8.29. The Kier molecular flexibility index (Phi) is 8.73. The Hall–Kier alpha value is -4.46. The average Bonchev–Trinajstić information content (AvgIpc) is 2.84. The summed E-state index contributed by atoms with van der Waals surface area (Å²) in [6.07, 6.45) is 2.03. The smallest absolute Gasteiger partial charge is 0.329 e. The first-order chi connectivity index (χ1) is 16.1. The molecule has 0 aliphatic rings. The summed E-state index contributed by atoms with van der Waals surface area (Å²) in [7, 11) is 0. The molecular weight excluding hydrogens is 420 g/mol. The number of ether oxygens (including phenoxy) is 1. The van der Waals surface area contributed by atoms with Crippen LogP contribution in [0.15, 0.2) is 90.0 Å². The third-order valence-electron chi connectivity index (χ3n) is 4.44. The van der Waals surface area contributed by atoms with Crippen molar-refractivity contribution in [3.05, 3.63) is 96.1 Å². The fraction of sp³-hybridized carbons (Fsp3) is 0.120. The summed E-state index contributed by atoms with van der Waals surface area (Å²) < 4.78 is 5.46. The highest BCUT2D eigenvalue weighted by atomic mass is 16.5. The second kappa shape index (κ2) is 12.4. The molecular formula is C25H24N4O4. The van der Waals surface area contributed by atoms with Gasteiger partial charge in [-0.15, -0.1) is 0 Å². The Labute approximate surface area is 191 Å². The van der Waals surface area contributed by atoms with Crippen molar-refractivity contribution in [2.45, 2.75) is 6.42 Å². The molecule has 0 aliphatic carbocycles. The van der Waals surface area contributed by atoms with E-state index in [2.05, 4.69) is 21.2 Å². The minimum atomic E-state index is -0.844. The zero-order valence-corrected chi connectivity index (χ0v) is 17.9. The molecule has 3 aromatic rings. The monoisotopic (exact) mass is 444 g/mol. The van der Waals surface area contributed by atoms with Gasteiger partial charge in [0.1, 0.15) is 5.75 Å². The molecule has 0 aliphatic heterocycles. The Balaban J connectivity index is 1.36. The highest BCUT2D eigenvalue weighted by Gasteiger charge is 2.11. The van der Waals surface area contributed by atoms with Crippen LogP contribution in [0.4, 0.5) is 5.69 Å². The van der Waals surface area contributed by atoms with E-state index in [1.807, 2.05) is 48.5 Å². The molecule has 8 heteroatoms. The van der Waals surface area contributed by atoms with Crippen molar-refractivity contribution < 1.29 is 19.1 Å². The largest absolute Gasteiger partial charge is 0.484 e. The number of benzene rings is 3. The fourth-order valence-corrected chi connectivity index (χ4v) is 2.78. The van der Waals surface area contributed by atoms with Crippen LogP contribution in [0.25, 0.3) is 0 Å². The van der Waals surface area contributed by atoms with Gasteiger partial charge in [-0.3, -0.25) is 14.4 Å². The van der Waals surface area contributed by atoms with Crippen LogP contribution in [-0.4, -0.2) is 37.1 Å². The molecule has 8 nitrogen and oxygen atoms in total. The number of hydrogen-bond acceptors (Lipinski definition) is 5. The Morgan fingerprint density at radius 1 is 0.818 bits per heavy atom. The number of anilines is 1. The molecule has 0 aromatic heterocycles. The summed E-state index contributed by atoms with van der Waals surface area (Å²) in [6, 6.07) is 25.5. The molecule has 0 spiro atoms. The van der Waals surface area contributed by atoms with E-state index >= 15 is 0 Å². The maximum absolute atomic E-state index is 11.9. The van der Waals surface area contributed by atoms with E-state index in [9.17, 15) is 14.4 Å². The topological polar surface area (TPSA) is 109 Å². The lowest BCUT2D eigenvalue weighted by atomic mass is 10.1. The van der Waals surface area contributed by atoms with Crippen LogP contribution in [0, 0.1) is 0 Å². The van der Waals surface area contributed by atoms with Gasteiger partial charge < -0.3 is 15.4 Å². The maximum Gasteiger partial charge on any atom is 0.329 e. The van der Waals surface area contributed by atoms with Gasteiger partial charge in [0.05, 0.1) is 6.21 Å². The van der Waals surface area contributed by atoms with Crippen LogP contribution in [0.3, 0.4) is 0 Å². The van der Waals surface area contributed by atoms with Gasteiger partial charge in [0.25, 0.3) is 5.91 Å². The summed E-state index contributed by atoms with van der Waals surface area (Å²) in [6.45, 7) is 0.225. The summed E-state index contributed by atoms with van der Waals surface area (Å²) in [4.78, 5) is 35.6. The van der Waals surface area contributed by atoms with Gasteiger partial charge >= 0.3 is 11.8 Å². The van der Waals surface area contributed by atoms with Crippen molar-refractivity contribution in [1.82, 2.24) is 10.7 Å². The number of hydrazone groups is 1. The standard InChI is InChI=1S/C25H24N4O4/c30-23(28-21-9-5-2-6-10-21)18-33-22-13-11-20(12-14-22)17-27-29-25(32)24(31)26-16-15-19-7-3-1-4-8-19/h1-14,17H,15-16,18H2,(H,26,31)(H,28,30)(H,29,32)/b27-17-. The first kappa shape index (κ1) is 23.2. The first-order valence-corrected chi connectivity index (χ1v) is 10.3. The maximum atomic E-state index is 11.9. The summed E-state index contributed by atoms with van der Waals surface area (Å²) in [5.41, 5.74) is 4.64. The van der Waals surface area contributed by atoms with Gasteiger partial charge in [-0.05, 0) is 53.9 Å². The number of hydrogen-bond donors (Lipinski definition) is 3. The van der Waals surface area contributed by atoms with Crippen molar-refractivity contribution in [3.8, 4) is 5.75 Å². The minimum absolute atomic E-state index is 0.127. The predicted octanol–water partition coefficient (Wildman–Crippen LogP) is 2.51. The molecule has 0 saturated carbocycles. The summed E-state index contributed by atoms with van der Waals surface area (Å²) in [5, 5.41) is 9.07. The highest BCUT2D eigenvalue weighted by molar-refractivity contribution is 6.35. The summed E-state index contributed by atoms with van der Waals surface area (Å²) in [5.74, 6) is -1.35. The van der Waals surface area contributed by atoms with E-state index in [0.717, 1.165) is 5.56 Å². The van der Waals surface area contributed by atoms with Crippen molar-refractivity contribution in [2.24, 2.45) is 5.10 Å². The van der Waals surface area contributed by atoms with E-state index in [-0.39, 0.29) is 12.5 Å². The van der Waals surface area contributed by atoms with Crippen LogP contribution in [-0.2, 0) is 20.8 Å². The molecule has 0 unspecified atom stereocenters. The van der Waals surface area contributed by atoms with E-state index < -0.39 is 11.8 Å². The molecule has 3 N–H and O–H groups in total. The molecule has 0 heterocycles. The first-order valence-electron chi connectivity index (χ1n) is 10.3. The van der Waals surface area contributed by atoms with Gasteiger partial charge in [-0.2, -0.15) is 5.10 Å². The molecule has 168 valence electrons.